The Morgan fingerprint density at radius 1 is 1.67 bits per heavy atom. The zero-order valence-electron chi connectivity index (χ0n) is 8.15. The largest absolute Gasteiger partial charge is 0.465 e. The Kier molecular flexibility index (Phi) is 2.42. The van der Waals surface area contributed by atoms with Crippen molar-refractivity contribution in [3.05, 3.63) is 21.9 Å². The van der Waals surface area contributed by atoms with Crippen LogP contribution >= 0.6 is 11.3 Å². The molecular formula is C10H9NO3S. The minimum Gasteiger partial charge on any atom is -0.465 e. The summed E-state index contributed by atoms with van der Waals surface area (Å²) in [7, 11) is 1.34. The number of aliphatic imine (C=N–C) groups is 1. The van der Waals surface area contributed by atoms with Crippen molar-refractivity contribution in [3.63, 3.8) is 0 Å². The van der Waals surface area contributed by atoms with E-state index in [0.717, 1.165) is 17.7 Å². The SMILES string of the molecule is COC(=O)c1csc(C2(N=C=O)CC2)c1. The number of nitrogens with zero attached hydrogens (tertiary/aromatic N) is 1. The molecule has 5 heteroatoms. The van der Waals surface area contributed by atoms with E-state index in [-0.39, 0.29) is 5.97 Å². The average molecular weight is 223 g/mol. The maximum Gasteiger partial charge on any atom is 0.338 e. The van der Waals surface area contributed by atoms with Crippen molar-refractivity contribution in [3.8, 4) is 0 Å². The molecule has 0 amide bonds. The maximum atomic E-state index is 11.2. The number of methoxy groups -OCH3 is 1. The van der Waals surface area contributed by atoms with E-state index in [0.29, 0.717) is 5.56 Å². The van der Waals surface area contributed by atoms with E-state index < -0.39 is 5.54 Å². The standard InChI is InChI=1S/C10H9NO3S/c1-14-9(13)7-4-8(15-5-7)10(2-3-10)11-6-12/h4-5H,2-3H2,1H3. The molecule has 4 nitrogen and oxygen atoms in total. The minimum atomic E-state index is -0.390. The fraction of sp³-hybridized carbons (Fsp3) is 0.400. The molecule has 1 fully saturated rings. The molecule has 0 unspecified atom stereocenters. The van der Waals surface area contributed by atoms with Gasteiger partial charge in [-0.05, 0) is 18.9 Å². The maximum absolute atomic E-state index is 11.2. The second kappa shape index (κ2) is 3.61. The van der Waals surface area contributed by atoms with Gasteiger partial charge in [-0.15, -0.1) is 11.3 Å². The highest BCUT2D eigenvalue weighted by Gasteiger charge is 2.46. The number of isocyanates is 1. The number of carbonyl (C=O) groups excluding carboxylic acids is 2. The summed E-state index contributed by atoms with van der Waals surface area (Å²) in [6.45, 7) is 0. The molecule has 1 heterocycles. The third-order valence-electron chi connectivity index (χ3n) is 2.46. The Morgan fingerprint density at radius 2 is 2.40 bits per heavy atom. The van der Waals surface area contributed by atoms with Crippen LogP contribution in [0.1, 0.15) is 28.1 Å². The van der Waals surface area contributed by atoms with Crippen molar-refractivity contribution in [2.75, 3.05) is 7.11 Å². The lowest BCUT2D eigenvalue weighted by Gasteiger charge is -2.01. The lowest BCUT2D eigenvalue weighted by molar-refractivity contribution is 0.0601. The molecule has 0 bridgehead atoms. The summed E-state index contributed by atoms with van der Waals surface area (Å²) in [5, 5.41) is 1.72. The van der Waals surface area contributed by atoms with E-state index in [2.05, 4.69) is 9.73 Å². The number of esters is 1. The molecule has 1 aromatic rings. The molecule has 15 heavy (non-hydrogen) atoms. The first kappa shape index (κ1) is 10.1. The normalized spacial score (nSPS) is 16.6. The molecule has 0 atom stereocenters. The van der Waals surface area contributed by atoms with Gasteiger partial charge in [-0.25, -0.2) is 9.59 Å². The Hall–Kier alpha value is -1.45. The van der Waals surface area contributed by atoms with Gasteiger partial charge in [0.25, 0.3) is 0 Å². The molecule has 0 aliphatic heterocycles. The van der Waals surface area contributed by atoms with E-state index in [9.17, 15) is 9.59 Å². The highest BCUT2D eigenvalue weighted by Crippen LogP contribution is 2.51. The predicted octanol–water partition coefficient (Wildman–Crippen LogP) is 1.86. The summed E-state index contributed by atoms with van der Waals surface area (Å²) in [5.74, 6) is -0.358. The first-order chi connectivity index (χ1) is 7.22. The summed E-state index contributed by atoms with van der Waals surface area (Å²) in [6, 6.07) is 1.74. The summed E-state index contributed by atoms with van der Waals surface area (Å²) in [4.78, 5) is 26.2. The van der Waals surface area contributed by atoms with Gasteiger partial charge in [0, 0.05) is 10.3 Å². The zero-order chi connectivity index (χ0) is 10.9. The lowest BCUT2D eigenvalue weighted by Crippen LogP contribution is -2.01. The molecule has 0 aromatic carbocycles. The van der Waals surface area contributed by atoms with Crippen LogP contribution in [0.3, 0.4) is 0 Å². The molecule has 1 aliphatic rings. The number of hydrogen-bond acceptors (Lipinski definition) is 5. The summed E-state index contributed by atoms with van der Waals surface area (Å²) in [5.41, 5.74) is 0.128. The Bertz CT molecular complexity index is 441. The van der Waals surface area contributed by atoms with Crippen molar-refractivity contribution in [2.24, 2.45) is 4.99 Å². The Labute approximate surface area is 90.6 Å². The van der Waals surface area contributed by atoms with Crippen LogP contribution in [-0.4, -0.2) is 19.2 Å². The fourth-order valence-corrected chi connectivity index (χ4v) is 2.51. The van der Waals surface area contributed by atoms with Gasteiger partial charge < -0.3 is 4.74 Å². The van der Waals surface area contributed by atoms with Gasteiger partial charge in [0.15, 0.2) is 0 Å². The van der Waals surface area contributed by atoms with Crippen LogP contribution in [0.2, 0.25) is 0 Å². The van der Waals surface area contributed by atoms with Crippen LogP contribution in [0, 0.1) is 0 Å². The number of carbonyl (C=O) groups is 1. The highest BCUT2D eigenvalue weighted by molar-refractivity contribution is 7.10. The third-order valence-corrected chi connectivity index (χ3v) is 3.59. The van der Waals surface area contributed by atoms with Crippen molar-refractivity contribution in [2.45, 2.75) is 18.4 Å². The first-order valence-corrected chi connectivity index (χ1v) is 5.36. The molecular weight excluding hydrogens is 214 g/mol. The number of hydrogen-bond donors (Lipinski definition) is 0. The van der Waals surface area contributed by atoms with Crippen LogP contribution in [-0.2, 0) is 15.1 Å². The van der Waals surface area contributed by atoms with Gasteiger partial charge in [0.05, 0.1) is 12.7 Å². The van der Waals surface area contributed by atoms with Gasteiger partial charge in [-0.2, -0.15) is 4.99 Å². The fourth-order valence-electron chi connectivity index (χ4n) is 1.42. The van der Waals surface area contributed by atoms with Gasteiger partial charge >= 0.3 is 5.97 Å². The van der Waals surface area contributed by atoms with Crippen LogP contribution in [0.25, 0.3) is 0 Å². The van der Waals surface area contributed by atoms with Gasteiger partial charge in [-0.1, -0.05) is 0 Å². The van der Waals surface area contributed by atoms with E-state index in [1.165, 1.54) is 18.4 Å². The van der Waals surface area contributed by atoms with Crippen LogP contribution in [0.4, 0.5) is 0 Å². The zero-order valence-corrected chi connectivity index (χ0v) is 8.97. The molecule has 1 aromatic heterocycles. The van der Waals surface area contributed by atoms with Crippen LogP contribution in [0.5, 0.6) is 0 Å². The molecule has 0 N–H and O–H groups in total. The summed E-state index contributed by atoms with van der Waals surface area (Å²) < 4.78 is 4.60. The lowest BCUT2D eigenvalue weighted by atomic mass is 10.2. The van der Waals surface area contributed by atoms with E-state index in [1.54, 1.807) is 17.5 Å². The Balaban J connectivity index is 2.28. The topological polar surface area (TPSA) is 55.7 Å². The molecule has 78 valence electrons. The van der Waals surface area contributed by atoms with Crippen molar-refractivity contribution in [1.82, 2.24) is 0 Å². The second-order valence-corrected chi connectivity index (χ2v) is 4.34. The average Bonchev–Trinajstić information content (AvgIpc) is 2.85. The molecule has 0 radical (unpaired) electrons. The summed E-state index contributed by atoms with van der Waals surface area (Å²) in [6.07, 6.45) is 3.29. The highest BCUT2D eigenvalue weighted by atomic mass is 32.1. The molecule has 0 spiro atoms. The van der Waals surface area contributed by atoms with Gasteiger partial charge in [0.1, 0.15) is 5.54 Å². The van der Waals surface area contributed by atoms with Crippen molar-refractivity contribution in [1.29, 1.82) is 0 Å². The predicted molar refractivity (Wildman–Crippen MR) is 54.7 cm³/mol. The van der Waals surface area contributed by atoms with Crippen molar-refractivity contribution < 1.29 is 14.3 Å². The number of rotatable bonds is 3. The Morgan fingerprint density at radius 3 is 2.93 bits per heavy atom. The van der Waals surface area contributed by atoms with E-state index >= 15 is 0 Å². The van der Waals surface area contributed by atoms with Crippen molar-refractivity contribution >= 4 is 23.4 Å². The van der Waals surface area contributed by atoms with Gasteiger partial charge in [0.2, 0.25) is 6.08 Å². The minimum absolute atomic E-state index is 0.358. The summed E-state index contributed by atoms with van der Waals surface area (Å²) >= 11 is 1.43. The quantitative estimate of drug-likeness (QED) is 0.446. The van der Waals surface area contributed by atoms with Crippen LogP contribution in [0.15, 0.2) is 16.4 Å². The number of thiophene rings is 1. The monoisotopic (exact) mass is 223 g/mol. The van der Waals surface area contributed by atoms with E-state index in [1.807, 2.05) is 0 Å². The van der Waals surface area contributed by atoms with Gasteiger partial charge in [-0.3, -0.25) is 0 Å². The smallest absolute Gasteiger partial charge is 0.338 e. The molecule has 2 rings (SSSR count). The third kappa shape index (κ3) is 1.71. The first-order valence-electron chi connectivity index (χ1n) is 4.48. The van der Waals surface area contributed by atoms with E-state index in [4.69, 9.17) is 0 Å². The molecule has 1 saturated carbocycles. The number of ether oxygens (including phenoxy) is 1. The molecule has 0 saturated heterocycles. The molecule has 1 aliphatic carbocycles. The van der Waals surface area contributed by atoms with Crippen LogP contribution < -0.4 is 0 Å². The second-order valence-electron chi connectivity index (χ2n) is 3.43.